The minimum atomic E-state index is -1.18. The van der Waals surface area contributed by atoms with Crippen molar-refractivity contribution in [3.8, 4) is 0 Å². The first-order chi connectivity index (χ1) is 14.2. The maximum absolute atomic E-state index is 13.5. The molecular weight excluding hydrogens is 372 g/mol. The lowest BCUT2D eigenvalue weighted by Crippen LogP contribution is -2.76. The van der Waals surface area contributed by atoms with E-state index >= 15 is 0 Å². The van der Waals surface area contributed by atoms with E-state index in [-0.39, 0.29) is 17.3 Å². The van der Waals surface area contributed by atoms with Crippen LogP contribution in [0.25, 0.3) is 0 Å². The molecule has 3 saturated carbocycles. The minimum absolute atomic E-state index is 0.0111. The average Bonchev–Trinajstić information content (AvgIpc) is 3.06. The molecule has 0 aromatic carbocycles. The van der Waals surface area contributed by atoms with E-state index in [2.05, 4.69) is 33.8 Å². The van der Waals surface area contributed by atoms with Crippen molar-refractivity contribution >= 4 is 5.78 Å². The lowest BCUT2D eigenvalue weighted by Gasteiger charge is -2.67. The van der Waals surface area contributed by atoms with Gasteiger partial charge in [0.05, 0.1) is 6.61 Å². The highest BCUT2D eigenvalue weighted by atomic mass is 16.5. The SMILES string of the molecule is CC(C)CCC[C@@H](C)[C@H]1CC[C@H]2[C@@H]3[C@H]4OC[C@@]5(CC=CC[C@]5(O)C4=O)[C@H]3CC[C@]12C. The van der Waals surface area contributed by atoms with Crippen LogP contribution in [0.3, 0.4) is 0 Å². The highest BCUT2D eigenvalue weighted by molar-refractivity contribution is 5.94. The molecule has 168 valence electrons. The van der Waals surface area contributed by atoms with Gasteiger partial charge in [0, 0.05) is 11.8 Å². The molecule has 2 aliphatic heterocycles. The summed E-state index contributed by atoms with van der Waals surface area (Å²) in [5.74, 6) is 3.69. The Labute approximate surface area is 183 Å². The normalized spacial score (nSPS) is 50.3. The third kappa shape index (κ3) is 2.66. The molecule has 0 aromatic heterocycles. The monoisotopic (exact) mass is 414 g/mol. The van der Waals surface area contributed by atoms with E-state index < -0.39 is 5.60 Å². The molecule has 30 heavy (non-hydrogen) atoms. The number of hydrogen-bond donors (Lipinski definition) is 1. The number of fused-ring (bicyclic) bond motifs is 2. The summed E-state index contributed by atoms with van der Waals surface area (Å²) in [5.41, 5.74) is -1.22. The molecule has 2 heterocycles. The van der Waals surface area contributed by atoms with E-state index in [1.165, 1.54) is 38.5 Å². The molecule has 9 atom stereocenters. The number of Topliss-reactive ketones (excluding diaryl/α,β-unsaturated/α-hetero) is 1. The Morgan fingerprint density at radius 1 is 1.10 bits per heavy atom. The zero-order valence-corrected chi connectivity index (χ0v) is 19.5. The van der Waals surface area contributed by atoms with Crippen LogP contribution in [0.15, 0.2) is 12.2 Å². The maximum Gasteiger partial charge on any atom is 0.194 e. The van der Waals surface area contributed by atoms with Gasteiger partial charge in [-0.2, -0.15) is 0 Å². The van der Waals surface area contributed by atoms with Crippen molar-refractivity contribution in [2.45, 2.75) is 97.2 Å². The number of carbonyl (C=O) groups excluding carboxylic acids is 1. The van der Waals surface area contributed by atoms with E-state index in [1.54, 1.807) is 0 Å². The fourth-order valence-electron chi connectivity index (χ4n) is 9.13. The third-order valence-corrected chi connectivity index (χ3v) is 10.7. The van der Waals surface area contributed by atoms with Gasteiger partial charge in [0.2, 0.25) is 0 Å². The van der Waals surface area contributed by atoms with E-state index in [4.69, 9.17) is 4.74 Å². The molecule has 2 saturated heterocycles. The predicted octanol–water partition coefficient (Wildman–Crippen LogP) is 5.56. The van der Waals surface area contributed by atoms with Gasteiger partial charge in [-0.25, -0.2) is 0 Å². The van der Waals surface area contributed by atoms with E-state index in [9.17, 15) is 9.90 Å². The third-order valence-electron chi connectivity index (χ3n) is 10.7. The lowest BCUT2D eigenvalue weighted by molar-refractivity contribution is -0.280. The second-order valence-electron chi connectivity index (χ2n) is 12.3. The van der Waals surface area contributed by atoms with Crippen LogP contribution >= 0.6 is 0 Å². The molecule has 6 rings (SSSR count). The van der Waals surface area contributed by atoms with Crippen molar-refractivity contribution < 1.29 is 14.6 Å². The quantitative estimate of drug-likeness (QED) is 0.599. The minimum Gasteiger partial charge on any atom is -0.381 e. The van der Waals surface area contributed by atoms with Gasteiger partial charge in [-0.15, -0.1) is 0 Å². The first-order valence-corrected chi connectivity index (χ1v) is 12.8. The van der Waals surface area contributed by atoms with Crippen molar-refractivity contribution in [3.63, 3.8) is 0 Å². The fourth-order valence-corrected chi connectivity index (χ4v) is 9.13. The lowest BCUT2D eigenvalue weighted by atomic mass is 9.41. The summed E-state index contributed by atoms with van der Waals surface area (Å²) in [6.45, 7) is 10.3. The molecule has 4 aliphatic carbocycles. The van der Waals surface area contributed by atoms with Gasteiger partial charge >= 0.3 is 0 Å². The summed E-state index contributed by atoms with van der Waals surface area (Å²) in [4.78, 5) is 13.5. The van der Waals surface area contributed by atoms with Crippen LogP contribution in [-0.4, -0.2) is 29.2 Å². The predicted molar refractivity (Wildman–Crippen MR) is 119 cm³/mol. The van der Waals surface area contributed by atoms with Crippen LogP contribution in [0.4, 0.5) is 0 Å². The molecule has 2 bridgehead atoms. The van der Waals surface area contributed by atoms with Crippen molar-refractivity contribution in [3.05, 3.63) is 12.2 Å². The Kier molecular flexibility index (Phi) is 5.06. The van der Waals surface area contributed by atoms with Crippen LogP contribution in [0.1, 0.15) is 85.5 Å². The Hall–Kier alpha value is -0.670. The van der Waals surface area contributed by atoms with Crippen LogP contribution in [-0.2, 0) is 9.53 Å². The highest BCUT2D eigenvalue weighted by Crippen LogP contribution is 2.70. The molecule has 0 aromatic rings. The maximum atomic E-state index is 13.5. The van der Waals surface area contributed by atoms with Gasteiger partial charge in [-0.3, -0.25) is 4.79 Å². The van der Waals surface area contributed by atoms with Gasteiger partial charge in [0.1, 0.15) is 11.7 Å². The standard InChI is InChI=1S/C27H42O3/c1-17(2)8-7-9-18(3)19-10-11-20-22-21(12-15-25(19,20)4)26-13-5-6-14-27(26,29)24(28)23(22)30-16-26/h5-6,17-23,29H,7-16H2,1-4H3/t18-,19-,20+,21+,22+,23-,25-,26+,27+/m1/s1. The second kappa shape index (κ2) is 7.17. The van der Waals surface area contributed by atoms with Crippen molar-refractivity contribution in [1.82, 2.24) is 0 Å². The van der Waals surface area contributed by atoms with Crippen molar-refractivity contribution in [2.75, 3.05) is 6.61 Å². The molecule has 3 heteroatoms. The molecule has 0 amide bonds. The number of ketones is 1. The highest BCUT2D eigenvalue weighted by Gasteiger charge is 2.74. The Balaban J connectivity index is 1.41. The number of rotatable bonds is 5. The second-order valence-corrected chi connectivity index (χ2v) is 12.3. The summed E-state index contributed by atoms with van der Waals surface area (Å²) in [5, 5.41) is 11.6. The largest absolute Gasteiger partial charge is 0.381 e. The summed E-state index contributed by atoms with van der Waals surface area (Å²) >= 11 is 0. The van der Waals surface area contributed by atoms with Gasteiger partial charge in [0.25, 0.3) is 0 Å². The number of carbonyl (C=O) groups is 1. The Morgan fingerprint density at radius 2 is 1.87 bits per heavy atom. The molecule has 0 unspecified atom stereocenters. The van der Waals surface area contributed by atoms with Crippen LogP contribution < -0.4 is 0 Å². The average molecular weight is 415 g/mol. The summed E-state index contributed by atoms with van der Waals surface area (Å²) in [6.07, 6.45) is 14.2. The Morgan fingerprint density at radius 3 is 2.63 bits per heavy atom. The molecular formula is C27H42O3. The number of ether oxygens (including phenoxy) is 1. The van der Waals surface area contributed by atoms with Gasteiger partial charge in [0.15, 0.2) is 5.78 Å². The van der Waals surface area contributed by atoms with Gasteiger partial charge in [-0.05, 0) is 73.0 Å². The van der Waals surface area contributed by atoms with Crippen molar-refractivity contribution in [1.29, 1.82) is 0 Å². The molecule has 3 nitrogen and oxygen atoms in total. The first-order valence-electron chi connectivity index (χ1n) is 12.8. The molecule has 5 fully saturated rings. The zero-order valence-electron chi connectivity index (χ0n) is 19.5. The number of aliphatic hydroxyl groups is 1. The Bertz CT molecular complexity index is 728. The smallest absolute Gasteiger partial charge is 0.194 e. The van der Waals surface area contributed by atoms with E-state index in [0.29, 0.717) is 36.2 Å². The number of allylic oxidation sites excluding steroid dienone is 1. The first kappa shape index (κ1) is 21.2. The number of hydrogen-bond acceptors (Lipinski definition) is 3. The molecule has 1 spiro atoms. The van der Waals surface area contributed by atoms with Crippen LogP contribution in [0, 0.1) is 46.3 Å². The molecule has 6 aliphatic rings. The van der Waals surface area contributed by atoms with Crippen molar-refractivity contribution in [2.24, 2.45) is 46.3 Å². The summed E-state index contributed by atoms with van der Waals surface area (Å²) in [7, 11) is 0. The van der Waals surface area contributed by atoms with Crippen LogP contribution in [0.5, 0.6) is 0 Å². The summed E-state index contributed by atoms with van der Waals surface area (Å²) in [6, 6.07) is 0. The van der Waals surface area contributed by atoms with E-state index in [0.717, 1.165) is 30.6 Å². The van der Waals surface area contributed by atoms with Crippen LogP contribution in [0.2, 0.25) is 0 Å². The van der Waals surface area contributed by atoms with Gasteiger partial charge < -0.3 is 9.84 Å². The summed E-state index contributed by atoms with van der Waals surface area (Å²) < 4.78 is 6.28. The zero-order chi connectivity index (χ0) is 21.3. The van der Waals surface area contributed by atoms with Gasteiger partial charge in [-0.1, -0.05) is 59.1 Å². The molecule has 1 N–H and O–H groups in total. The van der Waals surface area contributed by atoms with E-state index in [1.807, 2.05) is 6.08 Å². The molecule has 0 radical (unpaired) electrons. The fraction of sp³-hybridized carbons (Fsp3) is 0.889. The topological polar surface area (TPSA) is 46.5 Å².